The molecule has 3 nitrogen and oxygen atoms in total. The Bertz CT molecular complexity index is 227. The second-order valence-corrected chi connectivity index (χ2v) is 4.72. The number of carbonyl (C=O) groups excluding carboxylic acids is 1. The quantitative estimate of drug-likeness (QED) is 0.683. The van der Waals surface area contributed by atoms with Gasteiger partial charge in [0.05, 0.1) is 6.04 Å². The Morgan fingerprint density at radius 3 is 2.79 bits per heavy atom. The van der Waals surface area contributed by atoms with Crippen molar-refractivity contribution in [3.63, 3.8) is 0 Å². The van der Waals surface area contributed by atoms with Crippen LogP contribution in [0.25, 0.3) is 0 Å². The van der Waals surface area contributed by atoms with E-state index < -0.39 is 0 Å². The Hall–Kier alpha value is -0.570. The summed E-state index contributed by atoms with van der Waals surface area (Å²) in [5.74, 6) is 0.922. The number of likely N-dealkylation sites (tertiary alicyclic amines) is 1. The molecule has 80 valence electrons. The topological polar surface area (TPSA) is 46.3 Å². The molecule has 0 spiro atoms. The summed E-state index contributed by atoms with van der Waals surface area (Å²) in [7, 11) is 0. The highest BCUT2D eigenvalue weighted by Crippen LogP contribution is 2.36. The second kappa shape index (κ2) is 3.89. The third-order valence-electron chi connectivity index (χ3n) is 3.68. The van der Waals surface area contributed by atoms with Crippen LogP contribution in [0.4, 0.5) is 0 Å². The smallest absolute Gasteiger partial charge is 0.239 e. The molecule has 2 fully saturated rings. The van der Waals surface area contributed by atoms with E-state index in [-0.39, 0.29) is 11.9 Å². The van der Waals surface area contributed by atoms with E-state index in [0.29, 0.717) is 6.04 Å². The van der Waals surface area contributed by atoms with Gasteiger partial charge in [0.1, 0.15) is 0 Å². The summed E-state index contributed by atoms with van der Waals surface area (Å²) < 4.78 is 0. The predicted octanol–water partition coefficient (Wildman–Crippen LogP) is 1.12. The minimum atomic E-state index is -0.323. The second-order valence-electron chi connectivity index (χ2n) is 4.72. The molecular weight excluding hydrogens is 176 g/mol. The first-order chi connectivity index (χ1) is 6.70. The number of amides is 1. The number of rotatable bonds is 1. The lowest BCUT2D eigenvalue weighted by atomic mass is 9.85. The fourth-order valence-electron chi connectivity index (χ4n) is 2.94. The van der Waals surface area contributed by atoms with Crippen molar-refractivity contribution in [3.8, 4) is 0 Å². The molecule has 0 aromatic heterocycles. The van der Waals surface area contributed by atoms with Gasteiger partial charge in [-0.15, -0.1) is 0 Å². The highest BCUT2D eigenvalue weighted by molar-refractivity contribution is 5.81. The van der Waals surface area contributed by atoms with Crippen molar-refractivity contribution in [2.24, 2.45) is 11.7 Å². The molecule has 3 atom stereocenters. The van der Waals surface area contributed by atoms with Gasteiger partial charge in [0, 0.05) is 12.6 Å². The maximum absolute atomic E-state index is 11.8. The summed E-state index contributed by atoms with van der Waals surface area (Å²) >= 11 is 0. The molecule has 1 heterocycles. The number of nitrogens with two attached hydrogens (primary N) is 1. The van der Waals surface area contributed by atoms with Gasteiger partial charge in [-0.1, -0.05) is 12.8 Å². The molecule has 1 saturated carbocycles. The van der Waals surface area contributed by atoms with E-state index in [1.165, 1.54) is 32.1 Å². The molecule has 2 N–H and O–H groups in total. The Kier molecular flexibility index (Phi) is 2.77. The van der Waals surface area contributed by atoms with Gasteiger partial charge in [-0.2, -0.15) is 0 Å². The monoisotopic (exact) mass is 196 g/mol. The molecule has 0 aromatic carbocycles. The van der Waals surface area contributed by atoms with Crippen LogP contribution in [0.1, 0.15) is 39.0 Å². The lowest BCUT2D eigenvalue weighted by Gasteiger charge is -2.32. The number of carbonyl (C=O) groups is 1. The SMILES string of the molecule is C[C@@H](N)C(=O)N1CC[C@@H]2CCCC[C@@H]21. The molecular formula is C11H20N2O. The Balaban J connectivity index is 2.03. The van der Waals surface area contributed by atoms with Crippen molar-refractivity contribution < 1.29 is 4.79 Å². The Morgan fingerprint density at radius 2 is 2.07 bits per heavy atom. The van der Waals surface area contributed by atoms with E-state index in [2.05, 4.69) is 0 Å². The number of fused-ring (bicyclic) bond motifs is 1. The Labute approximate surface area is 85.6 Å². The first-order valence-corrected chi connectivity index (χ1v) is 5.76. The zero-order valence-electron chi connectivity index (χ0n) is 8.91. The zero-order valence-corrected chi connectivity index (χ0v) is 8.91. The average Bonchev–Trinajstić information content (AvgIpc) is 2.60. The fourth-order valence-corrected chi connectivity index (χ4v) is 2.94. The summed E-state index contributed by atoms with van der Waals surface area (Å²) in [6.45, 7) is 2.73. The first kappa shape index (κ1) is 9.97. The van der Waals surface area contributed by atoms with Crippen molar-refractivity contribution in [2.45, 2.75) is 51.1 Å². The van der Waals surface area contributed by atoms with Crippen molar-refractivity contribution >= 4 is 5.91 Å². The average molecular weight is 196 g/mol. The summed E-state index contributed by atoms with van der Waals surface area (Å²) in [6, 6.07) is 0.193. The van der Waals surface area contributed by atoms with Crippen LogP contribution in [-0.4, -0.2) is 29.4 Å². The van der Waals surface area contributed by atoms with Crippen LogP contribution in [0.3, 0.4) is 0 Å². The van der Waals surface area contributed by atoms with Crippen LogP contribution >= 0.6 is 0 Å². The highest BCUT2D eigenvalue weighted by atomic mass is 16.2. The third-order valence-corrected chi connectivity index (χ3v) is 3.68. The van der Waals surface area contributed by atoms with Crippen molar-refractivity contribution in [1.29, 1.82) is 0 Å². The summed E-state index contributed by atoms with van der Waals surface area (Å²) in [4.78, 5) is 13.8. The summed E-state index contributed by atoms with van der Waals surface area (Å²) in [5, 5.41) is 0. The molecule has 1 aliphatic carbocycles. The largest absolute Gasteiger partial charge is 0.338 e. The number of hydrogen-bond acceptors (Lipinski definition) is 2. The van der Waals surface area contributed by atoms with Gasteiger partial charge in [-0.05, 0) is 32.1 Å². The minimum Gasteiger partial charge on any atom is -0.338 e. The van der Waals surface area contributed by atoms with E-state index in [9.17, 15) is 4.79 Å². The van der Waals surface area contributed by atoms with Gasteiger partial charge in [0.15, 0.2) is 0 Å². The normalized spacial score (nSPS) is 34.0. The minimum absolute atomic E-state index is 0.152. The van der Waals surface area contributed by atoms with E-state index in [1.807, 2.05) is 4.90 Å². The number of nitrogens with zero attached hydrogens (tertiary/aromatic N) is 1. The standard InChI is InChI=1S/C11H20N2O/c1-8(12)11(14)13-7-6-9-4-2-3-5-10(9)13/h8-10H,2-7,12H2,1H3/t8-,9+,10+/m1/s1. The van der Waals surface area contributed by atoms with Crippen LogP contribution in [0.15, 0.2) is 0 Å². The molecule has 1 amide bonds. The molecule has 1 aliphatic heterocycles. The van der Waals surface area contributed by atoms with Crippen molar-refractivity contribution in [2.75, 3.05) is 6.54 Å². The van der Waals surface area contributed by atoms with Gasteiger partial charge in [-0.25, -0.2) is 0 Å². The highest BCUT2D eigenvalue weighted by Gasteiger charge is 2.38. The maximum atomic E-state index is 11.8. The molecule has 0 bridgehead atoms. The zero-order chi connectivity index (χ0) is 10.1. The van der Waals surface area contributed by atoms with Crippen LogP contribution in [0.2, 0.25) is 0 Å². The van der Waals surface area contributed by atoms with E-state index in [0.717, 1.165) is 12.5 Å². The molecule has 0 radical (unpaired) electrons. The van der Waals surface area contributed by atoms with Crippen LogP contribution < -0.4 is 5.73 Å². The molecule has 0 aromatic rings. The van der Waals surface area contributed by atoms with Gasteiger partial charge in [0.2, 0.25) is 5.91 Å². The molecule has 14 heavy (non-hydrogen) atoms. The fraction of sp³-hybridized carbons (Fsp3) is 0.909. The van der Waals surface area contributed by atoms with E-state index >= 15 is 0 Å². The lowest BCUT2D eigenvalue weighted by Crippen LogP contribution is -2.46. The van der Waals surface area contributed by atoms with Gasteiger partial charge in [-0.3, -0.25) is 4.79 Å². The third kappa shape index (κ3) is 1.65. The number of hydrogen-bond donors (Lipinski definition) is 1. The Morgan fingerprint density at radius 1 is 1.36 bits per heavy atom. The molecule has 2 aliphatic rings. The van der Waals surface area contributed by atoms with Gasteiger partial charge < -0.3 is 10.6 Å². The maximum Gasteiger partial charge on any atom is 0.239 e. The van der Waals surface area contributed by atoms with Crippen LogP contribution in [0, 0.1) is 5.92 Å². The lowest BCUT2D eigenvalue weighted by molar-refractivity contribution is -0.133. The van der Waals surface area contributed by atoms with Gasteiger partial charge in [0.25, 0.3) is 0 Å². The predicted molar refractivity (Wildman–Crippen MR) is 55.7 cm³/mol. The molecule has 0 unspecified atom stereocenters. The van der Waals surface area contributed by atoms with Crippen LogP contribution in [-0.2, 0) is 4.79 Å². The van der Waals surface area contributed by atoms with Crippen molar-refractivity contribution in [1.82, 2.24) is 4.90 Å². The van der Waals surface area contributed by atoms with Crippen molar-refractivity contribution in [3.05, 3.63) is 0 Å². The summed E-state index contributed by atoms with van der Waals surface area (Å²) in [5.41, 5.74) is 5.65. The first-order valence-electron chi connectivity index (χ1n) is 5.76. The van der Waals surface area contributed by atoms with Gasteiger partial charge >= 0.3 is 0 Å². The molecule has 1 saturated heterocycles. The molecule has 3 heteroatoms. The molecule has 2 rings (SSSR count). The van der Waals surface area contributed by atoms with Crippen LogP contribution in [0.5, 0.6) is 0 Å². The van der Waals surface area contributed by atoms with E-state index in [1.54, 1.807) is 6.92 Å². The van der Waals surface area contributed by atoms with E-state index in [4.69, 9.17) is 5.73 Å². The summed E-state index contributed by atoms with van der Waals surface area (Å²) in [6.07, 6.45) is 6.34.